The van der Waals surface area contributed by atoms with Crippen molar-refractivity contribution in [1.82, 2.24) is 5.09 Å². The Balaban J connectivity index is 2.97. The fraction of sp³-hybridized carbons (Fsp3) is 0.562. The summed E-state index contributed by atoms with van der Waals surface area (Å²) in [6, 6.07) is 8.31. The van der Waals surface area contributed by atoms with Crippen molar-refractivity contribution in [3.8, 4) is 5.75 Å². The first-order valence-electron chi connectivity index (χ1n) is 7.48. The third-order valence-corrected chi connectivity index (χ3v) is 5.71. The van der Waals surface area contributed by atoms with E-state index in [1.807, 2.05) is 32.0 Å². The van der Waals surface area contributed by atoms with Crippen LogP contribution in [0.2, 0.25) is 0 Å². The normalized spacial score (nSPS) is 15.4. The Morgan fingerprint density at radius 1 is 1.18 bits per heavy atom. The Morgan fingerprint density at radius 3 is 2.23 bits per heavy atom. The molecule has 0 radical (unpaired) electrons. The average Bonchev–Trinajstić information content (AvgIpc) is 2.46. The molecule has 22 heavy (non-hydrogen) atoms. The molecule has 2 atom stereocenters. The van der Waals surface area contributed by atoms with Crippen molar-refractivity contribution in [2.45, 2.75) is 45.8 Å². The quantitative estimate of drug-likeness (QED) is 0.580. The molecule has 0 heterocycles. The van der Waals surface area contributed by atoms with Crippen LogP contribution in [-0.4, -0.2) is 24.8 Å². The van der Waals surface area contributed by atoms with Crippen molar-refractivity contribution in [2.24, 2.45) is 5.92 Å². The number of methoxy groups -OCH3 is 1. The minimum Gasteiger partial charge on any atom is -0.468 e. The molecule has 0 amide bonds. The van der Waals surface area contributed by atoms with E-state index in [0.717, 1.165) is 0 Å². The van der Waals surface area contributed by atoms with Gasteiger partial charge in [-0.25, -0.2) is 5.09 Å². The molecule has 1 rings (SSSR count). The molecule has 6 heteroatoms. The van der Waals surface area contributed by atoms with Crippen LogP contribution in [0.5, 0.6) is 5.75 Å². The predicted octanol–water partition coefficient (Wildman–Crippen LogP) is 3.84. The summed E-state index contributed by atoms with van der Waals surface area (Å²) in [5.74, 6) is 0.348. The van der Waals surface area contributed by atoms with E-state index >= 15 is 0 Å². The molecule has 0 aliphatic heterocycles. The zero-order chi connectivity index (χ0) is 16.8. The summed E-state index contributed by atoms with van der Waals surface area (Å²) < 4.78 is 23.7. The number of para-hydroxylation sites is 1. The highest BCUT2D eigenvalue weighted by atomic mass is 31.2. The highest BCUT2D eigenvalue weighted by Crippen LogP contribution is 2.48. The molecule has 0 saturated carbocycles. The van der Waals surface area contributed by atoms with Crippen LogP contribution < -0.4 is 9.61 Å². The molecule has 124 valence electrons. The first-order chi connectivity index (χ1) is 10.3. The smallest absolute Gasteiger partial charge is 0.323 e. The van der Waals surface area contributed by atoms with E-state index in [9.17, 15) is 9.36 Å². The van der Waals surface area contributed by atoms with Crippen LogP contribution in [-0.2, 0) is 14.1 Å². The zero-order valence-electron chi connectivity index (χ0n) is 13.9. The van der Waals surface area contributed by atoms with Gasteiger partial charge in [-0.2, -0.15) is 0 Å². The van der Waals surface area contributed by atoms with Crippen LogP contribution in [0, 0.1) is 5.92 Å². The van der Waals surface area contributed by atoms with Gasteiger partial charge in [-0.1, -0.05) is 45.9 Å². The lowest BCUT2D eigenvalue weighted by Crippen LogP contribution is -2.39. The standard InChI is InChI=1S/C16H26NO4P/c1-12(2)11-15(16(18)20-5)17-22(19,13(3)4)21-14-9-7-6-8-10-14/h6-10,12-13,15H,11H2,1-5H3,(H,17,19)/t15-,22?/m0/s1. The Labute approximate surface area is 132 Å². The van der Waals surface area contributed by atoms with Gasteiger partial charge in [0.05, 0.1) is 12.8 Å². The molecule has 0 saturated heterocycles. The van der Waals surface area contributed by atoms with Gasteiger partial charge in [0.25, 0.3) is 0 Å². The SMILES string of the molecule is COC(=O)[C@H](CC(C)C)NP(=O)(Oc1ccccc1)C(C)C. The van der Waals surface area contributed by atoms with Gasteiger partial charge >= 0.3 is 13.5 Å². The summed E-state index contributed by atoms with van der Waals surface area (Å²) in [7, 11) is -1.91. The summed E-state index contributed by atoms with van der Waals surface area (Å²) >= 11 is 0. The van der Waals surface area contributed by atoms with E-state index < -0.39 is 19.5 Å². The van der Waals surface area contributed by atoms with Crippen molar-refractivity contribution in [3.63, 3.8) is 0 Å². The van der Waals surface area contributed by atoms with Gasteiger partial charge in [0.2, 0.25) is 0 Å². The van der Waals surface area contributed by atoms with Gasteiger partial charge < -0.3 is 9.26 Å². The Bertz CT molecular complexity index is 516. The molecular weight excluding hydrogens is 301 g/mol. The number of hydrogen-bond donors (Lipinski definition) is 1. The molecule has 0 aliphatic carbocycles. The molecule has 0 fully saturated rings. The number of nitrogens with one attached hydrogen (secondary N) is 1. The number of carbonyl (C=O) groups excluding carboxylic acids is 1. The molecule has 0 aromatic heterocycles. The molecule has 0 spiro atoms. The fourth-order valence-corrected chi connectivity index (χ4v) is 3.59. The topological polar surface area (TPSA) is 64.6 Å². The van der Waals surface area contributed by atoms with E-state index in [4.69, 9.17) is 9.26 Å². The lowest BCUT2D eigenvalue weighted by atomic mass is 10.1. The van der Waals surface area contributed by atoms with Crippen LogP contribution in [0.25, 0.3) is 0 Å². The second-order valence-corrected chi connectivity index (χ2v) is 8.60. The van der Waals surface area contributed by atoms with Crippen molar-refractivity contribution in [1.29, 1.82) is 0 Å². The van der Waals surface area contributed by atoms with Gasteiger partial charge in [-0.3, -0.25) is 9.36 Å². The van der Waals surface area contributed by atoms with Gasteiger partial charge in [0, 0.05) is 0 Å². The summed E-state index contributed by atoms with van der Waals surface area (Å²) in [6.45, 7) is 7.60. The van der Waals surface area contributed by atoms with E-state index in [0.29, 0.717) is 12.2 Å². The van der Waals surface area contributed by atoms with Gasteiger partial charge in [-0.05, 0) is 24.5 Å². The van der Waals surface area contributed by atoms with E-state index in [1.54, 1.807) is 26.0 Å². The lowest BCUT2D eigenvalue weighted by Gasteiger charge is -2.28. The molecule has 0 aliphatic rings. The lowest BCUT2D eigenvalue weighted by molar-refractivity contribution is -0.143. The molecule has 5 nitrogen and oxygen atoms in total. The summed E-state index contributed by atoms with van der Waals surface area (Å²) in [5, 5.41) is 2.92. The Morgan fingerprint density at radius 2 is 1.77 bits per heavy atom. The second kappa shape index (κ2) is 8.35. The number of rotatable bonds is 8. The second-order valence-electron chi connectivity index (χ2n) is 5.93. The fourth-order valence-electron chi connectivity index (χ4n) is 1.95. The van der Waals surface area contributed by atoms with Crippen LogP contribution in [0.4, 0.5) is 0 Å². The number of esters is 1. The molecule has 1 aromatic rings. The predicted molar refractivity (Wildman–Crippen MR) is 88.2 cm³/mol. The minimum absolute atomic E-state index is 0.258. The number of benzene rings is 1. The van der Waals surface area contributed by atoms with Gasteiger partial charge in [-0.15, -0.1) is 0 Å². The maximum atomic E-state index is 13.2. The number of ether oxygens (including phenoxy) is 1. The largest absolute Gasteiger partial charge is 0.468 e. The zero-order valence-corrected chi connectivity index (χ0v) is 14.8. The third-order valence-electron chi connectivity index (χ3n) is 3.19. The first-order valence-corrected chi connectivity index (χ1v) is 9.18. The van der Waals surface area contributed by atoms with Crippen molar-refractivity contribution in [3.05, 3.63) is 30.3 Å². The Hall–Kier alpha value is -1.32. The first kappa shape index (κ1) is 18.7. The molecular formula is C16H26NO4P. The van der Waals surface area contributed by atoms with Crippen LogP contribution in [0.1, 0.15) is 34.1 Å². The van der Waals surface area contributed by atoms with E-state index in [1.165, 1.54) is 7.11 Å². The van der Waals surface area contributed by atoms with Crippen molar-refractivity contribution in [2.75, 3.05) is 7.11 Å². The summed E-state index contributed by atoms with van der Waals surface area (Å²) in [5.41, 5.74) is -0.271. The monoisotopic (exact) mass is 327 g/mol. The minimum atomic E-state index is -3.24. The number of carbonyl (C=O) groups is 1. The van der Waals surface area contributed by atoms with Crippen LogP contribution in [0.15, 0.2) is 30.3 Å². The van der Waals surface area contributed by atoms with Crippen molar-refractivity contribution >= 4 is 13.5 Å². The molecule has 1 unspecified atom stereocenters. The highest BCUT2D eigenvalue weighted by Gasteiger charge is 2.35. The number of hydrogen-bond acceptors (Lipinski definition) is 4. The molecule has 0 bridgehead atoms. The van der Waals surface area contributed by atoms with E-state index in [-0.39, 0.29) is 11.6 Å². The summed E-state index contributed by atoms with van der Waals surface area (Å²) in [4.78, 5) is 11.9. The summed E-state index contributed by atoms with van der Waals surface area (Å²) in [6.07, 6.45) is 0.529. The highest BCUT2D eigenvalue weighted by molar-refractivity contribution is 7.58. The van der Waals surface area contributed by atoms with Crippen LogP contribution >= 0.6 is 7.52 Å². The maximum Gasteiger partial charge on any atom is 0.323 e. The third kappa shape index (κ3) is 5.47. The van der Waals surface area contributed by atoms with Crippen LogP contribution in [0.3, 0.4) is 0 Å². The maximum absolute atomic E-state index is 13.2. The molecule has 1 N–H and O–H groups in total. The van der Waals surface area contributed by atoms with E-state index in [2.05, 4.69) is 5.09 Å². The van der Waals surface area contributed by atoms with Crippen molar-refractivity contribution < 1.29 is 18.6 Å². The van der Waals surface area contributed by atoms with Gasteiger partial charge in [0.15, 0.2) is 0 Å². The van der Waals surface area contributed by atoms with Gasteiger partial charge in [0.1, 0.15) is 11.8 Å². The Kier molecular flexibility index (Phi) is 7.11. The molecule has 1 aromatic carbocycles. The average molecular weight is 327 g/mol.